The van der Waals surface area contributed by atoms with Crippen LogP contribution in [0.15, 0.2) is 6.33 Å². The summed E-state index contributed by atoms with van der Waals surface area (Å²) in [6.07, 6.45) is 1.37. The van der Waals surface area contributed by atoms with Crippen LogP contribution in [0.1, 0.15) is 32.4 Å². The number of hydrogen-bond acceptors (Lipinski definition) is 4. The molecular formula is C8H10N4. The Hall–Kier alpha value is -1.50. The van der Waals surface area contributed by atoms with E-state index in [1.807, 2.05) is 26.8 Å². The molecule has 1 aromatic rings. The van der Waals surface area contributed by atoms with Crippen LogP contribution >= 0.6 is 0 Å². The Morgan fingerprint density at radius 1 is 1.33 bits per heavy atom. The molecule has 0 fully saturated rings. The third-order valence-corrected chi connectivity index (χ3v) is 1.34. The fourth-order valence-electron chi connectivity index (χ4n) is 0.712. The van der Waals surface area contributed by atoms with Crippen molar-refractivity contribution in [3.05, 3.63) is 18.0 Å². The molecule has 12 heavy (non-hydrogen) atoms. The lowest BCUT2D eigenvalue weighted by Crippen LogP contribution is -2.16. The van der Waals surface area contributed by atoms with E-state index >= 15 is 0 Å². The Kier molecular flexibility index (Phi) is 2.05. The second-order valence-corrected chi connectivity index (χ2v) is 3.49. The highest BCUT2D eigenvalue weighted by Crippen LogP contribution is 2.16. The van der Waals surface area contributed by atoms with Crippen molar-refractivity contribution >= 4 is 0 Å². The first-order valence-electron chi connectivity index (χ1n) is 3.63. The lowest BCUT2D eigenvalue weighted by Gasteiger charge is -2.14. The summed E-state index contributed by atoms with van der Waals surface area (Å²) in [7, 11) is 0. The highest BCUT2D eigenvalue weighted by atomic mass is 15.0. The molecule has 0 aliphatic rings. The Morgan fingerprint density at radius 3 is 2.50 bits per heavy atom. The van der Waals surface area contributed by atoms with Crippen molar-refractivity contribution < 1.29 is 0 Å². The molecule has 0 N–H and O–H groups in total. The number of nitrogens with zero attached hydrogens (tertiary/aromatic N) is 4. The van der Waals surface area contributed by atoms with Gasteiger partial charge < -0.3 is 0 Å². The number of rotatable bonds is 0. The molecular weight excluding hydrogens is 152 g/mol. The summed E-state index contributed by atoms with van der Waals surface area (Å²) < 4.78 is 0. The molecule has 62 valence electrons. The maximum Gasteiger partial charge on any atom is 0.235 e. The maximum atomic E-state index is 8.52. The molecule has 1 rings (SSSR count). The van der Waals surface area contributed by atoms with Gasteiger partial charge in [0.25, 0.3) is 0 Å². The number of aromatic nitrogens is 3. The molecule has 1 heterocycles. The third-order valence-electron chi connectivity index (χ3n) is 1.34. The van der Waals surface area contributed by atoms with Crippen LogP contribution in [0.3, 0.4) is 0 Å². The van der Waals surface area contributed by atoms with E-state index in [9.17, 15) is 0 Å². The summed E-state index contributed by atoms with van der Waals surface area (Å²) in [6.45, 7) is 5.97. The van der Waals surface area contributed by atoms with Crippen molar-refractivity contribution in [2.24, 2.45) is 0 Å². The Morgan fingerprint density at radius 2 is 2.00 bits per heavy atom. The van der Waals surface area contributed by atoms with Crippen molar-refractivity contribution in [3.63, 3.8) is 0 Å². The zero-order chi connectivity index (χ0) is 9.19. The summed E-state index contributed by atoms with van der Waals surface area (Å²) >= 11 is 0. The Bertz CT molecular complexity index is 319. The van der Waals surface area contributed by atoms with Gasteiger partial charge in [-0.15, -0.1) is 0 Å². The SMILES string of the molecule is CC(C)(C)c1ncnc(C#N)n1. The highest BCUT2D eigenvalue weighted by Gasteiger charge is 2.17. The fraction of sp³-hybridized carbons (Fsp3) is 0.500. The molecule has 0 atom stereocenters. The minimum atomic E-state index is -0.130. The van der Waals surface area contributed by atoms with Gasteiger partial charge in [-0.25, -0.2) is 15.0 Å². The van der Waals surface area contributed by atoms with E-state index in [4.69, 9.17) is 5.26 Å². The minimum Gasteiger partial charge on any atom is -0.221 e. The molecule has 0 unspecified atom stereocenters. The first-order valence-corrected chi connectivity index (χ1v) is 3.63. The van der Waals surface area contributed by atoms with Crippen LogP contribution in [0.25, 0.3) is 0 Å². The van der Waals surface area contributed by atoms with E-state index in [1.54, 1.807) is 0 Å². The monoisotopic (exact) mass is 162 g/mol. The van der Waals surface area contributed by atoms with Gasteiger partial charge in [0.2, 0.25) is 5.82 Å². The van der Waals surface area contributed by atoms with Crippen LogP contribution in [0.2, 0.25) is 0 Å². The van der Waals surface area contributed by atoms with Crippen LogP contribution in [-0.4, -0.2) is 15.0 Å². The first-order chi connectivity index (χ1) is 5.54. The van der Waals surface area contributed by atoms with E-state index in [1.165, 1.54) is 6.33 Å². The molecule has 4 heteroatoms. The van der Waals surface area contributed by atoms with Crippen LogP contribution < -0.4 is 0 Å². The van der Waals surface area contributed by atoms with E-state index in [2.05, 4.69) is 15.0 Å². The Labute approximate surface area is 71.3 Å². The standard InChI is InChI=1S/C8H10N4/c1-8(2,3)7-11-5-10-6(4-9)12-7/h5H,1-3H3. The molecule has 0 bridgehead atoms. The largest absolute Gasteiger partial charge is 0.235 e. The van der Waals surface area contributed by atoms with Gasteiger partial charge in [-0.2, -0.15) is 5.26 Å². The van der Waals surface area contributed by atoms with Crippen molar-refractivity contribution in [3.8, 4) is 6.07 Å². The zero-order valence-corrected chi connectivity index (χ0v) is 7.37. The third kappa shape index (κ3) is 1.76. The highest BCUT2D eigenvalue weighted by molar-refractivity contribution is 5.11. The Balaban J connectivity index is 3.13. The smallest absolute Gasteiger partial charge is 0.221 e. The molecule has 0 saturated heterocycles. The van der Waals surface area contributed by atoms with Crippen molar-refractivity contribution in [2.75, 3.05) is 0 Å². The van der Waals surface area contributed by atoms with Crippen LogP contribution in [-0.2, 0) is 5.41 Å². The molecule has 0 saturated carbocycles. The summed E-state index contributed by atoms with van der Waals surface area (Å²) in [6, 6.07) is 1.88. The molecule has 0 aliphatic carbocycles. The van der Waals surface area contributed by atoms with Gasteiger partial charge in [0.1, 0.15) is 18.2 Å². The molecule has 0 amide bonds. The van der Waals surface area contributed by atoms with E-state index in [0.717, 1.165) is 0 Å². The minimum absolute atomic E-state index is 0.130. The number of nitriles is 1. The maximum absolute atomic E-state index is 8.52. The normalized spacial score (nSPS) is 10.8. The van der Waals surface area contributed by atoms with Gasteiger partial charge in [0, 0.05) is 5.41 Å². The van der Waals surface area contributed by atoms with E-state index < -0.39 is 0 Å². The predicted molar refractivity (Wildman–Crippen MR) is 43.2 cm³/mol. The van der Waals surface area contributed by atoms with Gasteiger partial charge in [0.05, 0.1) is 0 Å². The average Bonchev–Trinajstić information content (AvgIpc) is 2.03. The van der Waals surface area contributed by atoms with Gasteiger partial charge in [-0.05, 0) is 0 Å². The van der Waals surface area contributed by atoms with Crippen molar-refractivity contribution in [1.29, 1.82) is 5.26 Å². The van der Waals surface area contributed by atoms with Gasteiger partial charge in [0.15, 0.2) is 0 Å². The van der Waals surface area contributed by atoms with Gasteiger partial charge >= 0.3 is 0 Å². The topological polar surface area (TPSA) is 62.5 Å². The fourth-order valence-corrected chi connectivity index (χ4v) is 0.712. The quantitative estimate of drug-likeness (QED) is 0.571. The molecule has 0 aliphatic heterocycles. The second-order valence-electron chi connectivity index (χ2n) is 3.49. The van der Waals surface area contributed by atoms with Crippen LogP contribution in [0.4, 0.5) is 0 Å². The molecule has 0 radical (unpaired) electrons. The number of hydrogen-bond donors (Lipinski definition) is 0. The molecule has 0 spiro atoms. The van der Waals surface area contributed by atoms with Gasteiger partial charge in [-0.1, -0.05) is 20.8 Å². The predicted octanol–water partition coefficient (Wildman–Crippen LogP) is 1.04. The zero-order valence-electron chi connectivity index (χ0n) is 7.37. The summed E-state index contributed by atoms with van der Waals surface area (Å²) in [5.41, 5.74) is -0.130. The first kappa shape index (κ1) is 8.60. The lowest BCUT2D eigenvalue weighted by molar-refractivity contribution is 0.540. The van der Waals surface area contributed by atoms with Crippen LogP contribution in [0.5, 0.6) is 0 Å². The summed E-state index contributed by atoms with van der Waals surface area (Å²) in [5.74, 6) is 0.823. The van der Waals surface area contributed by atoms with Crippen LogP contribution in [0, 0.1) is 11.3 Å². The van der Waals surface area contributed by atoms with E-state index in [0.29, 0.717) is 5.82 Å². The van der Waals surface area contributed by atoms with Gasteiger partial charge in [-0.3, -0.25) is 0 Å². The summed E-state index contributed by atoms with van der Waals surface area (Å²) in [5, 5.41) is 8.52. The van der Waals surface area contributed by atoms with Crippen molar-refractivity contribution in [2.45, 2.75) is 26.2 Å². The molecule has 0 aromatic carbocycles. The van der Waals surface area contributed by atoms with Crippen molar-refractivity contribution in [1.82, 2.24) is 15.0 Å². The molecule has 4 nitrogen and oxygen atoms in total. The summed E-state index contributed by atoms with van der Waals surface area (Å²) in [4.78, 5) is 11.7. The second kappa shape index (κ2) is 2.86. The molecule has 1 aromatic heterocycles. The lowest BCUT2D eigenvalue weighted by atomic mass is 9.96. The average molecular weight is 162 g/mol. The van der Waals surface area contributed by atoms with E-state index in [-0.39, 0.29) is 11.2 Å².